The van der Waals surface area contributed by atoms with Crippen LogP contribution in [0.2, 0.25) is 0 Å². The molecule has 3 rings (SSSR count). The van der Waals surface area contributed by atoms with Crippen molar-refractivity contribution in [3.8, 4) is 5.75 Å². The van der Waals surface area contributed by atoms with Gasteiger partial charge in [-0.1, -0.05) is 52.8 Å². The lowest BCUT2D eigenvalue weighted by molar-refractivity contribution is -0.140. The number of alkyl halides is 3. The summed E-state index contributed by atoms with van der Waals surface area (Å²) in [5.74, 6) is -0.357. The summed E-state index contributed by atoms with van der Waals surface area (Å²) in [5, 5.41) is 25.1. The van der Waals surface area contributed by atoms with Crippen molar-refractivity contribution in [1.82, 2.24) is 0 Å². The predicted molar refractivity (Wildman–Crippen MR) is 155 cm³/mol. The molecule has 0 aliphatic rings. The highest BCUT2D eigenvalue weighted by atomic mass is 32.2. The summed E-state index contributed by atoms with van der Waals surface area (Å²) in [7, 11) is 1.66. The topological polar surface area (TPSA) is 91.2 Å². The third kappa shape index (κ3) is 10.3. The Kier molecular flexibility index (Phi) is 11.7. The van der Waals surface area contributed by atoms with Gasteiger partial charge in [-0.05, 0) is 81.8 Å². The number of thioether (sulfide) groups is 1. The van der Waals surface area contributed by atoms with Gasteiger partial charge in [0, 0.05) is 23.2 Å². The van der Waals surface area contributed by atoms with Crippen LogP contribution in [0.5, 0.6) is 5.75 Å². The van der Waals surface area contributed by atoms with Crippen molar-refractivity contribution >= 4 is 33.4 Å². The van der Waals surface area contributed by atoms with E-state index < -0.39 is 23.3 Å². The van der Waals surface area contributed by atoms with E-state index in [1.54, 1.807) is 45.2 Å². The Balaban J connectivity index is 0.000000389. The van der Waals surface area contributed by atoms with Gasteiger partial charge in [0.1, 0.15) is 16.4 Å². The fourth-order valence-corrected chi connectivity index (χ4v) is 4.33. The summed E-state index contributed by atoms with van der Waals surface area (Å²) in [5.41, 5.74) is 2.20. The lowest BCUT2D eigenvalue weighted by atomic mass is 10.1. The average Bonchev–Trinajstić information content (AvgIpc) is 2.89. The molecular weight excluding hydrogens is 541 g/mol. The van der Waals surface area contributed by atoms with Gasteiger partial charge in [-0.2, -0.15) is 13.2 Å². The molecule has 0 spiro atoms. The first-order valence-corrected chi connectivity index (χ1v) is 13.1. The van der Waals surface area contributed by atoms with Gasteiger partial charge in [-0.15, -0.1) is 0 Å². The number of hydrogen-bond acceptors (Lipinski definition) is 6. The first-order valence-electron chi connectivity index (χ1n) is 12.3. The summed E-state index contributed by atoms with van der Waals surface area (Å²) < 4.78 is 41.8. The maximum Gasteiger partial charge on any atom is 0.416 e. The summed E-state index contributed by atoms with van der Waals surface area (Å²) in [6.45, 7) is 7.43. The number of benzene rings is 3. The Morgan fingerprint density at radius 1 is 0.975 bits per heavy atom. The number of oxime groups is 1. The smallest absolute Gasteiger partial charge is 0.416 e. The first kappa shape index (κ1) is 32.3. The number of allylic oxidation sites excluding steroid dienone is 1. The minimum absolute atomic E-state index is 0.102. The molecule has 0 unspecified atom stereocenters. The fourth-order valence-electron chi connectivity index (χ4n) is 3.45. The van der Waals surface area contributed by atoms with Crippen molar-refractivity contribution < 1.29 is 33.0 Å². The molecule has 40 heavy (non-hydrogen) atoms. The normalized spacial score (nSPS) is 12.3. The predicted octanol–water partition coefficient (Wildman–Crippen LogP) is 8.30. The average molecular weight is 575 g/mol. The number of carboxylic acids is 1. The van der Waals surface area contributed by atoms with Crippen LogP contribution in [-0.4, -0.2) is 34.0 Å². The van der Waals surface area contributed by atoms with Crippen molar-refractivity contribution in [3.05, 3.63) is 101 Å². The number of aliphatic carboxylic acids is 1. The zero-order chi connectivity index (χ0) is 29.9. The van der Waals surface area contributed by atoms with Gasteiger partial charge in [0.2, 0.25) is 0 Å². The SMILES string of the molecule is C/C=C(/S/C(=N\O)c1ccc(OC(C)(C)CC(=O)O)cc1)c1ccc(C)cc1.CNc1ccc(C(F)(F)F)cc1. The minimum Gasteiger partial charge on any atom is -0.487 e. The second kappa shape index (κ2) is 14.5. The third-order valence-electron chi connectivity index (χ3n) is 5.47. The monoisotopic (exact) mass is 574 g/mol. The summed E-state index contributed by atoms with van der Waals surface area (Å²) >= 11 is 1.37. The molecule has 0 radical (unpaired) electrons. The van der Waals surface area contributed by atoms with Crippen molar-refractivity contribution in [2.75, 3.05) is 12.4 Å². The number of carboxylic acid groups (broad SMARTS) is 1. The molecule has 0 aliphatic carbocycles. The molecule has 0 heterocycles. The molecule has 3 aromatic rings. The Morgan fingerprint density at radius 2 is 1.52 bits per heavy atom. The lowest BCUT2D eigenvalue weighted by Gasteiger charge is -2.24. The number of halogens is 3. The fraction of sp³-hybridized carbons (Fsp3) is 0.267. The number of carbonyl (C=O) groups is 1. The van der Waals surface area contributed by atoms with E-state index in [1.165, 1.54) is 29.5 Å². The van der Waals surface area contributed by atoms with Crippen LogP contribution in [0, 0.1) is 6.92 Å². The molecule has 0 aliphatic heterocycles. The quantitative estimate of drug-likeness (QED) is 0.109. The summed E-state index contributed by atoms with van der Waals surface area (Å²) in [4.78, 5) is 11.9. The highest BCUT2D eigenvalue weighted by molar-refractivity contribution is 8.22. The van der Waals surface area contributed by atoms with E-state index in [0.717, 1.165) is 28.2 Å². The highest BCUT2D eigenvalue weighted by Gasteiger charge is 2.29. The first-order chi connectivity index (χ1) is 18.8. The van der Waals surface area contributed by atoms with Crippen LogP contribution in [0.4, 0.5) is 18.9 Å². The van der Waals surface area contributed by atoms with E-state index in [2.05, 4.69) is 10.5 Å². The maximum atomic E-state index is 12.0. The molecule has 0 aromatic heterocycles. The molecule has 0 saturated carbocycles. The van der Waals surface area contributed by atoms with Gasteiger partial charge >= 0.3 is 12.1 Å². The van der Waals surface area contributed by atoms with Crippen molar-refractivity contribution in [1.29, 1.82) is 0 Å². The van der Waals surface area contributed by atoms with Crippen LogP contribution >= 0.6 is 11.8 Å². The molecular formula is C30H33F3N2O4S. The standard InChI is InChI=1S/C22H25NO4S.C8H8F3N/c1-5-19(16-8-6-15(2)7-9-16)28-21(23-26)17-10-12-18(13-11-17)27-22(3,4)14-20(24)25;1-12-7-4-2-6(3-5-7)8(9,10)11/h5-13,26H,14H2,1-4H3,(H,24,25);2-5,12H,1H3/b19-5+,23-21-;. The Labute approximate surface area is 236 Å². The van der Waals surface area contributed by atoms with Gasteiger partial charge < -0.3 is 20.4 Å². The Morgan fingerprint density at radius 3 is 1.98 bits per heavy atom. The highest BCUT2D eigenvalue weighted by Crippen LogP contribution is 2.32. The number of rotatable bonds is 8. The molecule has 0 fully saturated rings. The number of aryl methyl sites for hydroxylation is 1. The number of nitrogens with zero attached hydrogens (tertiary/aromatic N) is 1. The van der Waals surface area contributed by atoms with Crippen molar-refractivity contribution in [3.63, 3.8) is 0 Å². The number of nitrogens with one attached hydrogen (secondary N) is 1. The van der Waals surface area contributed by atoms with Crippen LogP contribution < -0.4 is 10.1 Å². The van der Waals surface area contributed by atoms with Crippen molar-refractivity contribution in [2.45, 2.75) is 45.9 Å². The van der Waals surface area contributed by atoms with E-state index in [-0.39, 0.29) is 6.42 Å². The van der Waals surface area contributed by atoms with E-state index in [0.29, 0.717) is 16.5 Å². The summed E-state index contributed by atoms with van der Waals surface area (Å²) in [6.07, 6.45) is -2.37. The third-order valence-corrected chi connectivity index (χ3v) is 6.67. The van der Waals surface area contributed by atoms with Gasteiger partial charge in [-0.3, -0.25) is 4.79 Å². The second-order valence-corrected chi connectivity index (χ2v) is 10.3. The van der Waals surface area contributed by atoms with Gasteiger partial charge in [0.15, 0.2) is 0 Å². The molecule has 0 bridgehead atoms. The number of anilines is 1. The molecule has 0 saturated heterocycles. The molecule has 214 valence electrons. The van der Waals surface area contributed by atoms with Crippen LogP contribution in [0.15, 0.2) is 84.0 Å². The largest absolute Gasteiger partial charge is 0.487 e. The minimum atomic E-state index is -4.24. The van der Waals surface area contributed by atoms with Crippen LogP contribution in [0.3, 0.4) is 0 Å². The van der Waals surface area contributed by atoms with Gasteiger partial charge in [0.25, 0.3) is 0 Å². The molecule has 0 amide bonds. The van der Waals surface area contributed by atoms with Crippen LogP contribution in [0.1, 0.15) is 49.4 Å². The van der Waals surface area contributed by atoms with Gasteiger partial charge in [0.05, 0.1) is 12.0 Å². The molecule has 0 atom stereocenters. The molecule has 6 nitrogen and oxygen atoms in total. The van der Waals surface area contributed by atoms with Crippen LogP contribution in [-0.2, 0) is 11.0 Å². The lowest BCUT2D eigenvalue weighted by Crippen LogP contribution is -2.31. The van der Waals surface area contributed by atoms with E-state index in [9.17, 15) is 23.2 Å². The van der Waals surface area contributed by atoms with Crippen LogP contribution in [0.25, 0.3) is 4.91 Å². The maximum absolute atomic E-state index is 12.0. The summed E-state index contributed by atoms with van der Waals surface area (Å²) in [6, 6.07) is 20.1. The van der Waals surface area contributed by atoms with Gasteiger partial charge in [-0.25, -0.2) is 0 Å². The Hall–Kier alpha value is -3.92. The van der Waals surface area contributed by atoms with E-state index in [4.69, 9.17) is 9.84 Å². The Bertz CT molecular complexity index is 1300. The zero-order valence-corrected chi connectivity index (χ0v) is 23.7. The van der Waals surface area contributed by atoms with Crippen molar-refractivity contribution in [2.24, 2.45) is 5.16 Å². The molecule has 3 aromatic carbocycles. The molecule has 3 N–H and O–H groups in total. The zero-order valence-electron chi connectivity index (χ0n) is 22.9. The number of hydrogen-bond donors (Lipinski definition) is 3. The van der Waals surface area contributed by atoms with E-state index in [1.807, 2.05) is 44.2 Å². The molecule has 10 heteroatoms. The van der Waals surface area contributed by atoms with E-state index >= 15 is 0 Å². The number of ether oxygens (including phenoxy) is 1. The second-order valence-electron chi connectivity index (χ2n) is 9.31.